The maximum atomic E-state index is 4.20. The molecule has 4 nitrogen and oxygen atoms in total. The molecule has 1 aromatic heterocycles. The molecule has 0 bridgehead atoms. The van der Waals surface area contributed by atoms with Crippen molar-refractivity contribution in [2.45, 2.75) is 19.6 Å². The van der Waals surface area contributed by atoms with Gasteiger partial charge in [0.25, 0.3) is 0 Å². The molecular weight excluding hydrogens is 236 g/mol. The van der Waals surface area contributed by atoms with Crippen LogP contribution in [0.2, 0.25) is 0 Å². The predicted molar refractivity (Wildman–Crippen MR) is 77.6 cm³/mol. The van der Waals surface area contributed by atoms with Crippen LogP contribution in [-0.4, -0.2) is 28.8 Å². The van der Waals surface area contributed by atoms with Crippen molar-refractivity contribution in [1.82, 2.24) is 20.0 Å². The van der Waals surface area contributed by atoms with Crippen LogP contribution in [0.4, 0.5) is 0 Å². The maximum Gasteiger partial charge on any atom is 0.0534 e. The molecule has 0 saturated heterocycles. The molecule has 0 aliphatic carbocycles. The van der Waals surface area contributed by atoms with Gasteiger partial charge in [0.2, 0.25) is 0 Å². The van der Waals surface area contributed by atoms with E-state index in [1.165, 1.54) is 16.7 Å². The van der Waals surface area contributed by atoms with Crippen molar-refractivity contribution < 1.29 is 0 Å². The lowest BCUT2D eigenvalue weighted by molar-refractivity contribution is 0.319. The first-order valence-corrected chi connectivity index (χ1v) is 6.56. The molecule has 0 fully saturated rings. The van der Waals surface area contributed by atoms with Gasteiger partial charge in [-0.2, -0.15) is 5.10 Å². The largest absolute Gasteiger partial charge is 0.316 e. The van der Waals surface area contributed by atoms with Gasteiger partial charge in [-0.3, -0.25) is 9.58 Å². The molecule has 2 rings (SSSR count). The quantitative estimate of drug-likeness (QED) is 0.857. The molecule has 0 aliphatic heterocycles. The minimum atomic E-state index is 0.917. The standard InChI is InChI=1S/C15H22N4/c1-16-8-13-5-4-6-14(7-13)10-18(2)11-15-9-17-19(3)12-15/h4-7,9,12,16H,8,10-11H2,1-3H3. The number of hydrogen-bond acceptors (Lipinski definition) is 3. The average Bonchev–Trinajstić information content (AvgIpc) is 2.75. The SMILES string of the molecule is CNCc1cccc(CN(C)Cc2cnn(C)c2)c1. The Labute approximate surface area is 115 Å². The monoisotopic (exact) mass is 258 g/mol. The van der Waals surface area contributed by atoms with Gasteiger partial charge in [0.15, 0.2) is 0 Å². The van der Waals surface area contributed by atoms with Gasteiger partial charge < -0.3 is 5.32 Å². The van der Waals surface area contributed by atoms with E-state index in [-0.39, 0.29) is 0 Å². The van der Waals surface area contributed by atoms with E-state index in [0.717, 1.165) is 19.6 Å². The summed E-state index contributed by atoms with van der Waals surface area (Å²) in [7, 11) is 6.06. The van der Waals surface area contributed by atoms with Crippen molar-refractivity contribution in [2.24, 2.45) is 7.05 Å². The zero-order chi connectivity index (χ0) is 13.7. The van der Waals surface area contributed by atoms with E-state index in [0.29, 0.717) is 0 Å². The molecule has 1 heterocycles. The number of aromatic nitrogens is 2. The van der Waals surface area contributed by atoms with E-state index in [9.17, 15) is 0 Å². The van der Waals surface area contributed by atoms with Crippen molar-refractivity contribution in [1.29, 1.82) is 0 Å². The van der Waals surface area contributed by atoms with E-state index in [1.807, 2.05) is 25.0 Å². The summed E-state index contributed by atoms with van der Waals surface area (Å²) in [6, 6.07) is 8.72. The van der Waals surface area contributed by atoms with E-state index in [4.69, 9.17) is 0 Å². The average molecular weight is 258 g/mol. The lowest BCUT2D eigenvalue weighted by atomic mass is 10.1. The van der Waals surface area contributed by atoms with Crippen molar-refractivity contribution in [3.63, 3.8) is 0 Å². The van der Waals surface area contributed by atoms with E-state index >= 15 is 0 Å². The number of hydrogen-bond donors (Lipinski definition) is 1. The number of nitrogens with zero attached hydrogens (tertiary/aromatic N) is 3. The lowest BCUT2D eigenvalue weighted by Gasteiger charge is -2.16. The molecule has 19 heavy (non-hydrogen) atoms. The Hall–Kier alpha value is -1.65. The van der Waals surface area contributed by atoms with Gasteiger partial charge in [0, 0.05) is 38.4 Å². The van der Waals surface area contributed by atoms with Crippen LogP contribution < -0.4 is 5.32 Å². The van der Waals surface area contributed by atoms with Crippen molar-refractivity contribution in [3.8, 4) is 0 Å². The van der Waals surface area contributed by atoms with Gasteiger partial charge in [-0.15, -0.1) is 0 Å². The van der Waals surface area contributed by atoms with Crippen LogP contribution in [0.25, 0.3) is 0 Å². The highest BCUT2D eigenvalue weighted by Crippen LogP contribution is 2.10. The highest BCUT2D eigenvalue weighted by atomic mass is 15.2. The van der Waals surface area contributed by atoms with Gasteiger partial charge >= 0.3 is 0 Å². The molecule has 0 spiro atoms. The molecule has 0 unspecified atom stereocenters. The van der Waals surface area contributed by atoms with Crippen molar-refractivity contribution >= 4 is 0 Å². The van der Waals surface area contributed by atoms with Gasteiger partial charge in [-0.1, -0.05) is 24.3 Å². The zero-order valence-corrected chi connectivity index (χ0v) is 11.9. The summed E-state index contributed by atoms with van der Waals surface area (Å²) in [6.45, 7) is 2.79. The minimum Gasteiger partial charge on any atom is -0.316 e. The molecule has 4 heteroatoms. The van der Waals surface area contributed by atoms with Crippen LogP contribution >= 0.6 is 0 Å². The summed E-state index contributed by atoms with van der Waals surface area (Å²) >= 11 is 0. The topological polar surface area (TPSA) is 33.1 Å². The molecule has 1 aromatic carbocycles. The van der Waals surface area contributed by atoms with Crippen molar-refractivity contribution in [3.05, 3.63) is 53.3 Å². The molecule has 0 amide bonds. The zero-order valence-electron chi connectivity index (χ0n) is 11.9. The van der Waals surface area contributed by atoms with Crippen LogP contribution in [0, 0.1) is 0 Å². The molecule has 0 saturated carbocycles. The highest BCUT2D eigenvalue weighted by Gasteiger charge is 2.04. The first-order valence-electron chi connectivity index (χ1n) is 6.56. The summed E-state index contributed by atoms with van der Waals surface area (Å²) in [5.41, 5.74) is 3.92. The Morgan fingerprint density at radius 1 is 1.21 bits per heavy atom. The van der Waals surface area contributed by atoms with E-state index in [1.54, 1.807) is 0 Å². The number of benzene rings is 1. The van der Waals surface area contributed by atoms with Gasteiger partial charge in [0.1, 0.15) is 0 Å². The second kappa shape index (κ2) is 6.50. The number of rotatable bonds is 6. The van der Waals surface area contributed by atoms with Crippen LogP contribution in [-0.2, 0) is 26.7 Å². The second-order valence-corrected chi connectivity index (χ2v) is 5.04. The number of nitrogens with one attached hydrogen (secondary N) is 1. The maximum absolute atomic E-state index is 4.20. The Bertz CT molecular complexity index is 518. The van der Waals surface area contributed by atoms with Crippen LogP contribution in [0.3, 0.4) is 0 Å². The summed E-state index contributed by atoms with van der Waals surface area (Å²) in [5, 5.41) is 7.38. The molecule has 0 radical (unpaired) electrons. The first kappa shape index (κ1) is 13.8. The third-order valence-electron chi connectivity index (χ3n) is 3.04. The minimum absolute atomic E-state index is 0.917. The summed E-state index contributed by atoms with van der Waals surface area (Å²) in [4.78, 5) is 2.30. The fourth-order valence-electron chi connectivity index (χ4n) is 2.27. The fourth-order valence-corrected chi connectivity index (χ4v) is 2.27. The smallest absolute Gasteiger partial charge is 0.0534 e. The summed E-state index contributed by atoms with van der Waals surface area (Å²) in [6.07, 6.45) is 3.99. The highest BCUT2D eigenvalue weighted by molar-refractivity contribution is 5.23. The number of aryl methyl sites for hydroxylation is 1. The Morgan fingerprint density at radius 3 is 2.63 bits per heavy atom. The first-order chi connectivity index (χ1) is 9.17. The Morgan fingerprint density at radius 2 is 1.95 bits per heavy atom. The van der Waals surface area contributed by atoms with Crippen LogP contribution in [0.1, 0.15) is 16.7 Å². The molecule has 0 aliphatic rings. The lowest BCUT2D eigenvalue weighted by Crippen LogP contribution is -2.17. The van der Waals surface area contributed by atoms with Crippen molar-refractivity contribution in [2.75, 3.05) is 14.1 Å². The molecule has 1 N–H and O–H groups in total. The second-order valence-electron chi connectivity index (χ2n) is 5.04. The van der Waals surface area contributed by atoms with Gasteiger partial charge in [-0.05, 0) is 25.2 Å². The predicted octanol–water partition coefficient (Wildman–Crippen LogP) is 1.77. The molecule has 0 atom stereocenters. The van der Waals surface area contributed by atoms with Crippen LogP contribution in [0.5, 0.6) is 0 Å². The van der Waals surface area contributed by atoms with Gasteiger partial charge in [0.05, 0.1) is 6.20 Å². The van der Waals surface area contributed by atoms with Gasteiger partial charge in [-0.25, -0.2) is 0 Å². The normalized spacial score (nSPS) is 11.2. The molecule has 102 valence electrons. The molecular formula is C15H22N4. The Kier molecular flexibility index (Phi) is 4.71. The molecule has 2 aromatic rings. The Balaban J connectivity index is 1.94. The fraction of sp³-hybridized carbons (Fsp3) is 0.400. The van der Waals surface area contributed by atoms with E-state index in [2.05, 4.69) is 52.8 Å². The summed E-state index contributed by atoms with van der Waals surface area (Å²) in [5.74, 6) is 0. The van der Waals surface area contributed by atoms with Crippen LogP contribution in [0.15, 0.2) is 36.7 Å². The third-order valence-corrected chi connectivity index (χ3v) is 3.04. The summed E-state index contributed by atoms with van der Waals surface area (Å²) < 4.78 is 1.84. The third kappa shape index (κ3) is 4.19. The van der Waals surface area contributed by atoms with E-state index < -0.39 is 0 Å².